The second kappa shape index (κ2) is 10.6. The van der Waals surface area contributed by atoms with Gasteiger partial charge in [-0.2, -0.15) is 10.1 Å². The third-order valence-corrected chi connectivity index (χ3v) is 5.43. The van der Waals surface area contributed by atoms with Crippen LogP contribution in [-0.2, 0) is 25.1 Å². The summed E-state index contributed by atoms with van der Waals surface area (Å²) in [5.74, 6) is 1.56. The number of nitrogens with zero attached hydrogens (tertiary/aromatic N) is 6. The number of ether oxygens (including phenoxy) is 1. The predicted molar refractivity (Wildman–Crippen MR) is 128 cm³/mol. The Hall–Kier alpha value is -3.80. The van der Waals surface area contributed by atoms with Crippen LogP contribution in [-0.4, -0.2) is 41.9 Å². The van der Waals surface area contributed by atoms with Gasteiger partial charge >= 0.3 is 0 Å². The molecule has 35 heavy (non-hydrogen) atoms. The molecule has 0 aliphatic rings. The van der Waals surface area contributed by atoms with Crippen LogP contribution in [0.3, 0.4) is 0 Å². The zero-order valence-corrected chi connectivity index (χ0v) is 19.8. The number of carbonyl (C=O) groups excluding carboxylic acids is 1. The molecule has 0 unspecified atom stereocenters. The van der Waals surface area contributed by atoms with Crippen molar-refractivity contribution in [3.63, 3.8) is 0 Å². The number of aryl methyl sites for hydroxylation is 2. The van der Waals surface area contributed by atoms with E-state index in [2.05, 4.69) is 30.7 Å². The predicted octanol–water partition coefficient (Wildman–Crippen LogP) is 4.93. The van der Waals surface area contributed by atoms with Crippen molar-refractivity contribution in [3.8, 4) is 11.5 Å². The third kappa shape index (κ3) is 5.48. The minimum atomic E-state index is -0.695. The summed E-state index contributed by atoms with van der Waals surface area (Å²) < 4.78 is 34.9. The highest BCUT2D eigenvalue weighted by Gasteiger charge is 2.18. The monoisotopic (exact) mass is 504 g/mol. The van der Waals surface area contributed by atoms with Crippen LogP contribution in [0.1, 0.15) is 25.5 Å². The average Bonchev–Trinajstić information content (AvgIpc) is 3.36. The quantitative estimate of drug-likeness (QED) is 0.294. The van der Waals surface area contributed by atoms with Gasteiger partial charge in [-0.1, -0.05) is 11.6 Å². The fourth-order valence-corrected chi connectivity index (χ4v) is 3.73. The number of anilines is 3. The number of fused-ring (bicyclic) bond motifs is 1. The van der Waals surface area contributed by atoms with Crippen molar-refractivity contribution in [2.75, 3.05) is 17.3 Å². The lowest BCUT2D eigenvalue weighted by Gasteiger charge is -2.10. The molecule has 0 radical (unpaired) electrons. The smallest absolute Gasteiger partial charge is 0.222 e. The Morgan fingerprint density at radius 1 is 1.20 bits per heavy atom. The Kier molecular flexibility index (Phi) is 7.39. The number of nitrogens with one attached hydrogen (secondary N) is 2. The molecule has 2 N–H and O–H groups in total. The maximum Gasteiger partial charge on any atom is 0.222 e. The molecular weight excluding hydrogens is 482 g/mol. The molecule has 0 fully saturated rings. The standard InChI is InChI=1S/C22H23ClF2N8O2/c1-13(34)28-17-10-15(5-7-26-17)35-16-12-27-21-20(19(16)23)32(2)22(30-21)29-18-9-14(11-25)33(31-18)8-4-3-6-24/h5,7,9-10,12H,3-4,6,8,11H2,1-2H3,(H,26,28,34)(H,27,29,30,31). The van der Waals surface area contributed by atoms with E-state index in [9.17, 15) is 13.6 Å². The molecule has 0 spiro atoms. The number of hydrogen-bond acceptors (Lipinski definition) is 7. The first-order valence-corrected chi connectivity index (χ1v) is 11.2. The molecule has 0 saturated carbocycles. The number of alkyl halides is 2. The van der Waals surface area contributed by atoms with E-state index in [0.717, 1.165) is 0 Å². The number of hydrogen-bond donors (Lipinski definition) is 2. The number of aromatic nitrogens is 6. The number of amides is 1. The summed E-state index contributed by atoms with van der Waals surface area (Å²) in [4.78, 5) is 24.1. The number of halogens is 3. The zero-order chi connectivity index (χ0) is 24.9. The molecule has 4 aromatic heterocycles. The fourth-order valence-electron chi connectivity index (χ4n) is 3.43. The van der Waals surface area contributed by atoms with Gasteiger partial charge in [0.1, 0.15) is 28.8 Å². The molecule has 184 valence electrons. The normalized spacial score (nSPS) is 11.1. The van der Waals surface area contributed by atoms with Crippen LogP contribution >= 0.6 is 11.6 Å². The minimum absolute atomic E-state index is 0.256. The maximum absolute atomic E-state index is 13.4. The minimum Gasteiger partial charge on any atom is -0.454 e. The Morgan fingerprint density at radius 2 is 2.03 bits per heavy atom. The van der Waals surface area contributed by atoms with Crippen LogP contribution in [0.15, 0.2) is 30.6 Å². The van der Waals surface area contributed by atoms with Crippen molar-refractivity contribution < 1.29 is 18.3 Å². The second-order valence-electron chi connectivity index (χ2n) is 7.66. The molecule has 4 rings (SSSR count). The zero-order valence-electron chi connectivity index (χ0n) is 19.1. The van der Waals surface area contributed by atoms with Gasteiger partial charge in [0.2, 0.25) is 11.9 Å². The van der Waals surface area contributed by atoms with Gasteiger partial charge in [-0.25, -0.2) is 14.4 Å². The van der Waals surface area contributed by atoms with Gasteiger partial charge in [-0.15, -0.1) is 0 Å². The largest absolute Gasteiger partial charge is 0.454 e. The second-order valence-corrected chi connectivity index (χ2v) is 8.04. The highest BCUT2D eigenvalue weighted by molar-refractivity contribution is 6.36. The first-order chi connectivity index (χ1) is 16.9. The van der Waals surface area contributed by atoms with Crippen LogP contribution in [0.5, 0.6) is 11.5 Å². The lowest BCUT2D eigenvalue weighted by Crippen LogP contribution is -2.07. The fraction of sp³-hybridized carbons (Fsp3) is 0.318. The van der Waals surface area contributed by atoms with Gasteiger partial charge < -0.3 is 19.9 Å². The van der Waals surface area contributed by atoms with Gasteiger partial charge in [-0.05, 0) is 18.9 Å². The molecule has 0 aliphatic heterocycles. The summed E-state index contributed by atoms with van der Waals surface area (Å²) in [5, 5.41) is 10.3. The van der Waals surface area contributed by atoms with Crippen LogP contribution in [0.2, 0.25) is 5.02 Å². The molecule has 0 bridgehead atoms. The molecular formula is C22H23ClF2N8O2. The topological polar surface area (TPSA) is 112 Å². The molecule has 0 aromatic carbocycles. The molecule has 4 heterocycles. The van der Waals surface area contributed by atoms with Crippen LogP contribution in [0, 0.1) is 0 Å². The van der Waals surface area contributed by atoms with Gasteiger partial charge in [0.25, 0.3) is 0 Å². The van der Waals surface area contributed by atoms with Gasteiger partial charge in [-0.3, -0.25) is 13.9 Å². The van der Waals surface area contributed by atoms with Gasteiger partial charge in [0.15, 0.2) is 17.2 Å². The van der Waals surface area contributed by atoms with E-state index in [4.69, 9.17) is 16.3 Å². The van der Waals surface area contributed by atoms with Gasteiger partial charge in [0.05, 0.1) is 18.6 Å². The van der Waals surface area contributed by atoms with Crippen LogP contribution in [0.4, 0.5) is 26.4 Å². The summed E-state index contributed by atoms with van der Waals surface area (Å²) in [6, 6.07) is 4.76. The summed E-state index contributed by atoms with van der Waals surface area (Å²) in [5.41, 5.74) is 1.26. The first kappa shape index (κ1) is 24.3. The molecule has 4 aromatic rings. The first-order valence-electron chi connectivity index (χ1n) is 10.8. The molecule has 0 saturated heterocycles. The lowest BCUT2D eigenvalue weighted by molar-refractivity contribution is -0.114. The van der Waals surface area contributed by atoms with Crippen molar-refractivity contribution >= 4 is 46.3 Å². The van der Waals surface area contributed by atoms with E-state index >= 15 is 0 Å². The Bertz CT molecular complexity index is 1360. The van der Waals surface area contributed by atoms with Crippen LogP contribution in [0.25, 0.3) is 11.2 Å². The van der Waals surface area contributed by atoms with Crippen LogP contribution < -0.4 is 15.4 Å². The average molecular weight is 505 g/mol. The van der Waals surface area contributed by atoms with Gasteiger partial charge in [0, 0.05) is 38.8 Å². The molecule has 0 aliphatic carbocycles. The van der Waals surface area contributed by atoms with E-state index in [-0.39, 0.29) is 16.7 Å². The van der Waals surface area contributed by atoms with Crippen molar-refractivity contribution in [2.24, 2.45) is 7.05 Å². The number of rotatable bonds is 10. The van der Waals surface area contributed by atoms with E-state index in [0.29, 0.717) is 59.6 Å². The summed E-state index contributed by atoms with van der Waals surface area (Å²) in [6.07, 6.45) is 3.89. The molecule has 0 atom stereocenters. The van der Waals surface area contributed by atoms with Crippen molar-refractivity contribution in [1.29, 1.82) is 0 Å². The molecule has 10 nitrogen and oxygen atoms in total. The third-order valence-electron chi connectivity index (χ3n) is 5.06. The number of pyridine rings is 2. The van der Waals surface area contributed by atoms with Crippen molar-refractivity contribution in [1.82, 2.24) is 29.3 Å². The van der Waals surface area contributed by atoms with Crippen molar-refractivity contribution in [3.05, 3.63) is 41.3 Å². The molecule has 1 amide bonds. The Labute approximate surface area is 204 Å². The number of carbonyl (C=O) groups is 1. The van der Waals surface area contributed by atoms with E-state index < -0.39 is 13.3 Å². The lowest BCUT2D eigenvalue weighted by atomic mass is 10.3. The van der Waals surface area contributed by atoms with E-state index in [1.54, 1.807) is 29.8 Å². The highest BCUT2D eigenvalue weighted by Crippen LogP contribution is 2.36. The summed E-state index contributed by atoms with van der Waals surface area (Å²) in [6.45, 7) is 0.682. The number of imidazole rings is 1. The Morgan fingerprint density at radius 3 is 2.77 bits per heavy atom. The Balaban J connectivity index is 1.58. The van der Waals surface area contributed by atoms with E-state index in [1.807, 2.05) is 0 Å². The highest BCUT2D eigenvalue weighted by atomic mass is 35.5. The van der Waals surface area contributed by atoms with E-state index in [1.165, 1.54) is 24.0 Å². The summed E-state index contributed by atoms with van der Waals surface area (Å²) >= 11 is 6.62. The maximum atomic E-state index is 13.4. The van der Waals surface area contributed by atoms with Crippen molar-refractivity contribution in [2.45, 2.75) is 33.0 Å². The summed E-state index contributed by atoms with van der Waals surface area (Å²) in [7, 11) is 1.74. The SMILES string of the molecule is CC(=O)Nc1cc(Oc2cnc3nc(Nc4cc(CF)n(CCCCF)n4)n(C)c3c2Cl)ccn1. The number of unbranched alkanes of at least 4 members (excludes halogenated alkanes) is 1. The molecule has 13 heteroatoms.